The second-order valence-corrected chi connectivity index (χ2v) is 4.87. The Morgan fingerprint density at radius 2 is 1.95 bits per heavy atom. The van der Waals surface area contributed by atoms with Crippen molar-refractivity contribution < 1.29 is 19.1 Å². The molecule has 0 atom stereocenters. The summed E-state index contributed by atoms with van der Waals surface area (Å²) in [7, 11) is 1.61. The van der Waals surface area contributed by atoms with E-state index in [2.05, 4.69) is 0 Å². The highest BCUT2D eigenvalue weighted by atomic mass is 16.5. The third kappa shape index (κ3) is 3.19. The summed E-state index contributed by atoms with van der Waals surface area (Å²) >= 11 is 0. The summed E-state index contributed by atoms with van der Waals surface area (Å²) in [6.07, 6.45) is 2.43. The summed E-state index contributed by atoms with van der Waals surface area (Å²) in [5, 5.41) is 0. The number of nitrogens with zero attached hydrogens (tertiary/aromatic N) is 1. The highest BCUT2D eigenvalue weighted by Crippen LogP contribution is 2.19. The molecule has 0 bridgehead atoms. The fourth-order valence-electron chi connectivity index (χ4n) is 2.30. The Hall–Kier alpha value is -2.56. The van der Waals surface area contributed by atoms with Crippen molar-refractivity contribution in [3.8, 4) is 5.75 Å². The number of benzene rings is 1. The molecular formula is C17H19NO4. The van der Waals surface area contributed by atoms with Crippen LogP contribution < -0.4 is 4.74 Å². The van der Waals surface area contributed by atoms with E-state index in [0.29, 0.717) is 30.0 Å². The molecule has 0 fully saturated rings. The minimum Gasteiger partial charge on any atom is -0.497 e. The first-order chi connectivity index (χ1) is 10.6. The molecule has 5 nitrogen and oxygen atoms in total. The number of ether oxygens (including phenoxy) is 2. The van der Waals surface area contributed by atoms with Crippen LogP contribution in [0.2, 0.25) is 0 Å². The number of carbonyl (C=O) groups is 2. The van der Waals surface area contributed by atoms with E-state index in [1.54, 1.807) is 31.7 Å². The molecule has 0 aliphatic heterocycles. The Morgan fingerprint density at radius 1 is 1.27 bits per heavy atom. The summed E-state index contributed by atoms with van der Waals surface area (Å²) in [6, 6.07) is 7.57. The molecule has 2 rings (SSSR count). The zero-order chi connectivity index (χ0) is 16.1. The Morgan fingerprint density at radius 3 is 2.50 bits per heavy atom. The van der Waals surface area contributed by atoms with Crippen LogP contribution in [0.5, 0.6) is 5.75 Å². The lowest BCUT2D eigenvalue weighted by Crippen LogP contribution is -2.05. The van der Waals surface area contributed by atoms with Gasteiger partial charge in [0.15, 0.2) is 6.29 Å². The average molecular weight is 301 g/mol. The summed E-state index contributed by atoms with van der Waals surface area (Å²) in [4.78, 5) is 23.3. The molecule has 0 aliphatic carbocycles. The number of hydrogen-bond acceptors (Lipinski definition) is 4. The van der Waals surface area contributed by atoms with Crippen LogP contribution in [0.1, 0.15) is 38.9 Å². The van der Waals surface area contributed by atoms with E-state index in [1.165, 1.54) is 0 Å². The van der Waals surface area contributed by atoms with Crippen molar-refractivity contribution in [2.24, 2.45) is 0 Å². The molecule has 116 valence electrons. The van der Waals surface area contributed by atoms with Gasteiger partial charge in [-0.25, -0.2) is 4.79 Å². The quantitative estimate of drug-likeness (QED) is 0.608. The van der Waals surface area contributed by atoms with E-state index >= 15 is 0 Å². The standard InChI is InChI=1S/C17H19NO4/c1-4-22-17(20)15-10-18(16(11-19)12(15)2)9-13-5-7-14(21-3)8-6-13/h5-8,10-11H,4,9H2,1-3H3. The Labute approximate surface area is 129 Å². The molecule has 1 aromatic heterocycles. The van der Waals surface area contributed by atoms with Gasteiger partial charge in [0.05, 0.1) is 25.0 Å². The molecule has 0 amide bonds. The lowest BCUT2D eigenvalue weighted by molar-refractivity contribution is 0.0525. The fourth-order valence-corrected chi connectivity index (χ4v) is 2.30. The lowest BCUT2D eigenvalue weighted by Gasteiger charge is -2.07. The number of methoxy groups -OCH3 is 1. The number of hydrogen-bond donors (Lipinski definition) is 0. The van der Waals surface area contributed by atoms with E-state index in [0.717, 1.165) is 17.6 Å². The van der Waals surface area contributed by atoms with Gasteiger partial charge in [-0.05, 0) is 37.1 Å². The Bertz CT molecular complexity index is 671. The molecule has 1 aromatic carbocycles. The molecule has 0 saturated carbocycles. The average Bonchev–Trinajstić information content (AvgIpc) is 2.84. The highest BCUT2D eigenvalue weighted by molar-refractivity contribution is 5.94. The molecule has 22 heavy (non-hydrogen) atoms. The molecule has 0 N–H and O–H groups in total. The summed E-state index contributed by atoms with van der Waals surface area (Å²) < 4.78 is 11.9. The van der Waals surface area contributed by atoms with Gasteiger partial charge in [-0.1, -0.05) is 12.1 Å². The largest absolute Gasteiger partial charge is 0.497 e. The first-order valence-electron chi connectivity index (χ1n) is 7.05. The molecule has 0 unspecified atom stereocenters. The van der Waals surface area contributed by atoms with Gasteiger partial charge in [0.1, 0.15) is 5.75 Å². The topological polar surface area (TPSA) is 57.5 Å². The van der Waals surface area contributed by atoms with Crippen LogP contribution in [0.15, 0.2) is 30.5 Å². The van der Waals surface area contributed by atoms with E-state index in [9.17, 15) is 9.59 Å². The maximum absolute atomic E-state index is 11.9. The van der Waals surface area contributed by atoms with Gasteiger partial charge in [0, 0.05) is 12.7 Å². The predicted molar refractivity (Wildman–Crippen MR) is 82.6 cm³/mol. The van der Waals surface area contributed by atoms with E-state index < -0.39 is 5.97 Å². The zero-order valence-corrected chi connectivity index (χ0v) is 13.0. The number of rotatable bonds is 6. The summed E-state index contributed by atoms with van der Waals surface area (Å²) in [5.74, 6) is 0.367. The zero-order valence-electron chi connectivity index (χ0n) is 13.0. The third-order valence-electron chi connectivity index (χ3n) is 3.50. The lowest BCUT2D eigenvalue weighted by atomic mass is 10.2. The van der Waals surface area contributed by atoms with Gasteiger partial charge < -0.3 is 14.0 Å². The van der Waals surface area contributed by atoms with Gasteiger partial charge in [0.2, 0.25) is 0 Å². The monoisotopic (exact) mass is 301 g/mol. The SMILES string of the molecule is CCOC(=O)c1cn(Cc2ccc(OC)cc2)c(C=O)c1C. The summed E-state index contributed by atoms with van der Waals surface area (Å²) in [6.45, 7) is 4.30. The van der Waals surface area contributed by atoms with Crippen molar-refractivity contribution in [3.05, 3.63) is 52.8 Å². The maximum atomic E-state index is 11.9. The van der Waals surface area contributed by atoms with Crippen molar-refractivity contribution in [2.75, 3.05) is 13.7 Å². The molecule has 0 aliphatic rings. The molecular weight excluding hydrogens is 282 g/mol. The van der Waals surface area contributed by atoms with Crippen LogP contribution in [-0.4, -0.2) is 30.5 Å². The Balaban J connectivity index is 2.31. The molecule has 2 aromatic rings. The van der Waals surface area contributed by atoms with Crippen LogP contribution in [0, 0.1) is 6.92 Å². The van der Waals surface area contributed by atoms with Crippen LogP contribution in [0.4, 0.5) is 0 Å². The molecule has 0 radical (unpaired) electrons. The first kappa shape index (κ1) is 15.8. The van der Waals surface area contributed by atoms with Crippen molar-refractivity contribution in [1.82, 2.24) is 4.57 Å². The number of aldehydes is 1. The van der Waals surface area contributed by atoms with Gasteiger partial charge >= 0.3 is 5.97 Å². The molecule has 1 heterocycles. The minimum absolute atomic E-state index is 0.304. The maximum Gasteiger partial charge on any atom is 0.339 e. The second-order valence-electron chi connectivity index (χ2n) is 4.87. The van der Waals surface area contributed by atoms with Crippen LogP contribution in [-0.2, 0) is 11.3 Å². The first-order valence-corrected chi connectivity index (χ1v) is 7.05. The molecule has 5 heteroatoms. The van der Waals surface area contributed by atoms with Gasteiger partial charge in [-0.3, -0.25) is 4.79 Å². The van der Waals surface area contributed by atoms with Gasteiger partial charge in [-0.15, -0.1) is 0 Å². The van der Waals surface area contributed by atoms with E-state index in [4.69, 9.17) is 9.47 Å². The van der Waals surface area contributed by atoms with Gasteiger partial charge in [-0.2, -0.15) is 0 Å². The fraction of sp³-hybridized carbons (Fsp3) is 0.294. The minimum atomic E-state index is -0.406. The van der Waals surface area contributed by atoms with Gasteiger partial charge in [0.25, 0.3) is 0 Å². The number of esters is 1. The van der Waals surface area contributed by atoms with Crippen LogP contribution in [0.25, 0.3) is 0 Å². The van der Waals surface area contributed by atoms with Crippen molar-refractivity contribution in [2.45, 2.75) is 20.4 Å². The number of aromatic nitrogens is 1. The van der Waals surface area contributed by atoms with Crippen LogP contribution in [0.3, 0.4) is 0 Å². The molecule has 0 saturated heterocycles. The summed E-state index contributed by atoms with van der Waals surface area (Å²) in [5.41, 5.74) is 2.56. The molecule has 0 spiro atoms. The van der Waals surface area contributed by atoms with Crippen LogP contribution >= 0.6 is 0 Å². The second kappa shape index (κ2) is 6.93. The smallest absolute Gasteiger partial charge is 0.339 e. The van der Waals surface area contributed by atoms with Crippen molar-refractivity contribution in [1.29, 1.82) is 0 Å². The number of carbonyl (C=O) groups excluding carboxylic acids is 2. The normalized spacial score (nSPS) is 10.3. The van der Waals surface area contributed by atoms with E-state index in [-0.39, 0.29) is 0 Å². The third-order valence-corrected chi connectivity index (χ3v) is 3.50. The Kier molecular flexibility index (Phi) is 4.99. The van der Waals surface area contributed by atoms with E-state index in [1.807, 2.05) is 24.3 Å². The predicted octanol–water partition coefficient (Wildman–Crippen LogP) is 2.84. The van der Waals surface area contributed by atoms with Crippen molar-refractivity contribution in [3.63, 3.8) is 0 Å². The highest BCUT2D eigenvalue weighted by Gasteiger charge is 2.18. The van der Waals surface area contributed by atoms with Crippen molar-refractivity contribution >= 4 is 12.3 Å².